The molecular weight excluding hydrogens is 445 g/mol. The molecule has 1 saturated carbocycles. The van der Waals surface area contributed by atoms with Gasteiger partial charge in [-0.25, -0.2) is 9.37 Å². The molecule has 35 heavy (non-hydrogen) atoms. The summed E-state index contributed by atoms with van der Waals surface area (Å²) in [5, 5.41) is 7.24. The molecule has 4 aromatic rings. The third kappa shape index (κ3) is 4.76. The van der Waals surface area contributed by atoms with E-state index in [4.69, 9.17) is 11.5 Å². The van der Waals surface area contributed by atoms with Crippen molar-refractivity contribution in [2.24, 2.45) is 11.5 Å². The first-order valence-electron chi connectivity index (χ1n) is 11.6. The van der Waals surface area contributed by atoms with E-state index in [0.717, 1.165) is 48.2 Å². The fourth-order valence-corrected chi connectivity index (χ4v) is 4.49. The first-order valence-corrected chi connectivity index (χ1v) is 11.6. The monoisotopic (exact) mass is 471 g/mol. The predicted octanol–water partition coefficient (Wildman–Crippen LogP) is 4.36. The number of primary amides is 1. The van der Waals surface area contributed by atoms with Crippen molar-refractivity contribution in [1.82, 2.24) is 15.0 Å². The van der Waals surface area contributed by atoms with E-state index in [1.54, 1.807) is 18.5 Å². The first-order chi connectivity index (χ1) is 17.0. The van der Waals surface area contributed by atoms with Gasteiger partial charge in [0.15, 0.2) is 11.6 Å². The van der Waals surface area contributed by atoms with Crippen LogP contribution in [0.3, 0.4) is 0 Å². The second kappa shape index (κ2) is 9.63. The molecule has 9 heteroatoms. The number of rotatable bonds is 6. The van der Waals surface area contributed by atoms with E-state index >= 15 is 0 Å². The number of halogens is 1. The molecule has 1 aliphatic rings. The Hall–Kier alpha value is -4.11. The number of fused-ring (bicyclic) bond motifs is 1. The predicted molar refractivity (Wildman–Crippen MR) is 135 cm³/mol. The van der Waals surface area contributed by atoms with Gasteiger partial charge in [-0.2, -0.15) is 0 Å². The highest BCUT2D eigenvalue weighted by molar-refractivity contribution is 5.99. The lowest BCUT2D eigenvalue weighted by molar-refractivity contribution is 0.100. The number of pyridine rings is 3. The Morgan fingerprint density at radius 3 is 2.66 bits per heavy atom. The summed E-state index contributed by atoms with van der Waals surface area (Å²) in [7, 11) is 0. The lowest BCUT2D eigenvalue weighted by atomic mass is 9.91. The Morgan fingerprint density at radius 2 is 1.83 bits per heavy atom. The van der Waals surface area contributed by atoms with Crippen molar-refractivity contribution in [3.8, 4) is 11.3 Å². The van der Waals surface area contributed by atoms with Crippen LogP contribution in [0.2, 0.25) is 0 Å². The zero-order chi connectivity index (χ0) is 24.4. The maximum Gasteiger partial charge on any atom is 0.252 e. The highest BCUT2D eigenvalue weighted by Crippen LogP contribution is 2.30. The lowest BCUT2D eigenvalue weighted by Crippen LogP contribution is -2.43. The number of nitrogens with zero attached hydrogens (tertiary/aromatic N) is 3. The SMILES string of the molecule is NC(=O)c1cc(F)c(N[C@@H]2CCCC[C@@H]2N)nc1Nc1ccnc(-c2cccc3cccnc23)c1. The Morgan fingerprint density at radius 1 is 1.00 bits per heavy atom. The zero-order valence-corrected chi connectivity index (χ0v) is 19.0. The van der Waals surface area contributed by atoms with E-state index in [-0.39, 0.29) is 29.3 Å². The largest absolute Gasteiger partial charge is 0.365 e. The van der Waals surface area contributed by atoms with Crippen LogP contribution in [-0.4, -0.2) is 32.9 Å². The second-order valence-corrected chi connectivity index (χ2v) is 8.71. The standard InChI is InChI=1S/C26H26FN7O/c27-19-14-18(24(29)35)25(34-26(19)33-21-9-2-1-8-20(21)28)32-16-10-12-30-22(13-16)17-7-3-5-15-6-4-11-31-23(15)17/h3-7,10-14,20-21H,1-2,8-9,28H2,(H2,29,35)(H2,30,32,33,34)/t20-,21+/m0/s1. The minimum atomic E-state index is -0.785. The minimum absolute atomic E-state index is 0.0346. The van der Waals surface area contributed by atoms with Gasteiger partial charge in [0.05, 0.1) is 16.8 Å². The van der Waals surface area contributed by atoms with E-state index < -0.39 is 11.7 Å². The molecule has 3 heterocycles. The van der Waals surface area contributed by atoms with Crippen LogP contribution in [0.5, 0.6) is 0 Å². The van der Waals surface area contributed by atoms with Crippen LogP contribution in [0.1, 0.15) is 36.0 Å². The maximum absolute atomic E-state index is 14.8. The molecule has 3 aromatic heterocycles. The summed E-state index contributed by atoms with van der Waals surface area (Å²) in [4.78, 5) is 25.4. The van der Waals surface area contributed by atoms with Crippen molar-refractivity contribution in [2.45, 2.75) is 37.8 Å². The maximum atomic E-state index is 14.8. The zero-order valence-electron chi connectivity index (χ0n) is 19.0. The summed E-state index contributed by atoms with van der Waals surface area (Å²) < 4.78 is 14.8. The fourth-order valence-electron chi connectivity index (χ4n) is 4.49. The molecule has 0 spiro atoms. The van der Waals surface area contributed by atoms with Crippen molar-refractivity contribution in [1.29, 1.82) is 0 Å². The fraction of sp³-hybridized carbons (Fsp3) is 0.231. The molecular formula is C26H26FN7O. The van der Waals surface area contributed by atoms with Gasteiger partial charge in [-0.05, 0) is 37.1 Å². The second-order valence-electron chi connectivity index (χ2n) is 8.71. The molecule has 178 valence electrons. The Bertz CT molecular complexity index is 1390. The van der Waals surface area contributed by atoms with Crippen molar-refractivity contribution in [2.75, 3.05) is 10.6 Å². The van der Waals surface area contributed by atoms with Crippen LogP contribution in [0.4, 0.5) is 21.7 Å². The molecule has 2 atom stereocenters. The van der Waals surface area contributed by atoms with Gasteiger partial charge in [-0.1, -0.05) is 37.1 Å². The molecule has 0 bridgehead atoms. The molecule has 0 unspecified atom stereocenters. The van der Waals surface area contributed by atoms with Crippen molar-refractivity contribution < 1.29 is 9.18 Å². The molecule has 5 rings (SSSR count). The van der Waals surface area contributed by atoms with Crippen LogP contribution in [0.25, 0.3) is 22.2 Å². The number of hydrogen-bond donors (Lipinski definition) is 4. The number of aromatic nitrogens is 3. The van der Waals surface area contributed by atoms with Gasteiger partial charge in [-0.15, -0.1) is 0 Å². The summed E-state index contributed by atoms with van der Waals surface area (Å²) in [6, 6.07) is 14.2. The molecule has 6 N–H and O–H groups in total. The molecule has 0 aliphatic heterocycles. The van der Waals surface area contributed by atoms with Crippen LogP contribution >= 0.6 is 0 Å². The summed E-state index contributed by atoms with van der Waals surface area (Å²) >= 11 is 0. The van der Waals surface area contributed by atoms with Crippen molar-refractivity contribution in [3.63, 3.8) is 0 Å². The number of nitrogens with two attached hydrogens (primary N) is 2. The van der Waals surface area contributed by atoms with Crippen molar-refractivity contribution in [3.05, 3.63) is 72.3 Å². The molecule has 1 aliphatic carbocycles. The van der Waals surface area contributed by atoms with Gasteiger partial charge >= 0.3 is 0 Å². The number of nitrogens with one attached hydrogen (secondary N) is 2. The summed E-state index contributed by atoms with van der Waals surface area (Å²) in [5.74, 6) is -1.25. The van der Waals surface area contributed by atoms with E-state index in [1.165, 1.54) is 0 Å². The number of carbonyl (C=O) groups is 1. The van der Waals surface area contributed by atoms with Crippen LogP contribution < -0.4 is 22.1 Å². The van der Waals surface area contributed by atoms with Crippen LogP contribution in [0, 0.1) is 5.82 Å². The molecule has 0 saturated heterocycles. The van der Waals surface area contributed by atoms with Gasteiger partial charge in [0.2, 0.25) is 0 Å². The van der Waals surface area contributed by atoms with E-state index in [0.29, 0.717) is 11.4 Å². The van der Waals surface area contributed by atoms with E-state index in [9.17, 15) is 9.18 Å². The molecule has 8 nitrogen and oxygen atoms in total. The summed E-state index contributed by atoms with van der Waals surface area (Å²) in [5.41, 5.74) is 14.7. The summed E-state index contributed by atoms with van der Waals surface area (Å²) in [6.45, 7) is 0. The van der Waals surface area contributed by atoms with E-state index in [1.807, 2.05) is 36.4 Å². The topological polar surface area (TPSA) is 132 Å². The third-order valence-electron chi connectivity index (χ3n) is 6.31. The highest BCUT2D eigenvalue weighted by Gasteiger charge is 2.24. The van der Waals surface area contributed by atoms with Gasteiger partial charge in [0.1, 0.15) is 5.82 Å². The van der Waals surface area contributed by atoms with Gasteiger partial charge < -0.3 is 22.1 Å². The average Bonchev–Trinajstić information content (AvgIpc) is 2.87. The first kappa shape index (κ1) is 22.7. The highest BCUT2D eigenvalue weighted by atomic mass is 19.1. The molecule has 0 radical (unpaired) electrons. The Balaban J connectivity index is 1.49. The van der Waals surface area contributed by atoms with Crippen molar-refractivity contribution >= 4 is 34.1 Å². The van der Waals surface area contributed by atoms with E-state index in [2.05, 4.69) is 25.6 Å². The quantitative estimate of drug-likeness (QED) is 0.329. The lowest BCUT2D eigenvalue weighted by Gasteiger charge is -2.30. The third-order valence-corrected chi connectivity index (χ3v) is 6.31. The summed E-state index contributed by atoms with van der Waals surface area (Å²) in [6.07, 6.45) is 7.15. The van der Waals surface area contributed by atoms with Crippen LogP contribution in [0.15, 0.2) is 60.9 Å². The normalized spacial score (nSPS) is 17.8. The number of para-hydroxylation sites is 1. The number of amides is 1. The van der Waals surface area contributed by atoms with Gasteiger partial charge in [-0.3, -0.25) is 14.8 Å². The van der Waals surface area contributed by atoms with Crippen LogP contribution in [-0.2, 0) is 0 Å². The number of benzene rings is 1. The number of hydrogen-bond acceptors (Lipinski definition) is 7. The van der Waals surface area contributed by atoms with Gasteiger partial charge in [0, 0.05) is 41.1 Å². The molecule has 1 aromatic carbocycles. The minimum Gasteiger partial charge on any atom is -0.365 e. The Labute approximate surface area is 202 Å². The smallest absolute Gasteiger partial charge is 0.252 e. The molecule has 1 amide bonds. The Kier molecular flexibility index (Phi) is 6.24. The molecule has 1 fully saturated rings. The number of anilines is 3. The van der Waals surface area contributed by atoms with Gasteiger partial charge in [0.25, 0.3) is 5.91 Å². The number of carbonyl (C=O) groups excluding carboxylic acids is 1. The average molecular weight is 472 g/mol.